The second kappa shape index (κ2) is 17.3. The molecule has 1 N–H and O–H groups in total. The summed E-state index contributed by atoms with van der Waals surface area (Å²) in [6.45, 7) is 1.52. The van der Waals surface area contributed by atoms with Crippen LogP contribution < -0.4 is 23.8 Å². The monoisotopic (exact) mass is 727 g/mol. The molecular weight excluding hydrogens is 689 g/mol. The molecular formula is C36H39Cl2N3O7S. The summed E-state index contributed by atoms with van der Waals surface area (Å²) in [5, 5.41) is 3.52. The van der Waals surface area contributed by atoms with Crippen LogP contribution in [0.1, 0.15) is 24.5 Å². The van der Waals surface area contributed by atoms with E-state index in [-0.39, 0.29) is 46.0 Å². The predicted molar refractivity (Wildman–Crippen MR) is 191 cm³/mol. The van der Waals surface area contributed by atoms with Gasteiger partial charge in [-0.2, -0.15) is 0 Å². The van der Waals surface area contributed by atoms with E-state index in [1.165, 1.54) is 56.6 Å². The molecule has 0 unspecified atom stereocenters. The van der Waals surface area contributed by atoms with Gasteiger partial charge in [-0.15, -0.1) is 0 Å². The number of hydrogen-bond donors (Lipinski definition) is 1. The number of nitrogens with one attached hydrogen (secondary N) is 1. The van der Waals surface area contributed by atoms with Crippen molar-refractivity contribution in [1.82, 2.24) is 10.2 Å². The molecule has 0 radical (unpaired) electrons. The van der Waals surface area contributed by atoms with Gasteiger partial charge >= 0.3 is 0 Å². The maximum absolute atomic E-state index is 14.7. The van der Waals surface area contributed by atoms with E-state index in [1.807, 2.05) is 37.3 Å². The number of methoxy groups -OCH3 is 3. The van der Waals surface area contributed by atoms with Crippen molar-refractivity contribution < 1.29 is 32.2 Å². The molecule has 0 saturated heterocycles. The van der Waals surface area contributed by atoms with Crippen molar-refractivity contribution in [3.05, 3.63) is 112 Å². The van der Waals surface area contributed by atoms with Gasteiger partial charge in [-0.1, -0.05) is 78.7 Å². The minimum absolute atomic E-state index is 0.0193. The van der Waals surface area contributed by atoms with Gasteiger partial charge in [0.25, 0.3) is 10.0 Å². The number of amides is 2. The fourth-order valence-corrected chi connectivity index (χ4v) is 7.00. The highest BCUT2D eigenvalue weighted by atomic mass is 35.5. The van der Waals surface area contributed by atoms with E-state index >= 15 is 0 Å². The minimum atomic E-state index is -4.50. The van der Waals surface area contributed by atoms with Gasteiger partial charge in [0.1, 0.15) is 18.3 Å². The maximum Gasteiger partial charge on any atom is 0.265 e. The summed E-state index contributed by atoms with van der Waals surface area (Å²) >= 11 is 12.9. The molecule has 4 aromatic carbocycles. The zero-order valence-corrected chi connectivity index (χ0v) is 30.0. The molecule has 1 atom stereocenters. The third-order valence-electron chi connectivity index (χ3n) is 7.75. The molecule has 0 saturated carbocycles. The molecule has 0 heterocycles. The Hall–Kier alpha value is -4.45. The van der Waals surface area contributed by atoms with Crippen molar-refractivity contribution in [2.24, 2.45) is 0 Å². The van der Waals surface area contributed by atoms with E-state index in [0.717, 1.165) is 9.87 Å². The lowest BCUT2D eigenvalue weighted by Crippen LogP contribution is -2.53. The first-order chi connectivity index (χ1) is 23.5. The van der Waals surface area contributed by atoms with Crippen LogP contribution in [0.25, 0.3) is 0 Å². The highest BCUT2D eigenvalue weighted by Crippen LogP contribution is 2.37. The van der Waals surface area contributed by atoms with E-state index in [9.17, 15) is 18.0 Å². The fourth-order valence-electron chi connectivity index (χ4n) is 5.21. The van der Waals surface area contributed by atoms with Crippen LogP contribution in [0.5, 0.6) is 17.2 Å². The number of benzene rings is 4. The maximum atomic E-state index is 14.7. The lowest BCUT2D eigenvalue weighted by molar-refractivity contribution is -0.140. The van der Waals surface area contributed by atoms with Crippen LogP contribution in [0.3, 0.4) is 0 Å². The lowest BCUT2D eigenvalue weighted by Gasteiger charge is -2.34. The number of carbonyl (C=O) groups is 2. The average Bonchev–Trinajstić information content (AvgIpc) is 3.11. The van der Waals surface area contributed by atoms with Gasteiger partial charge in [-0.3, -0.25) is 13.9 Å². The van der Waals surface area contributed by atoms with Crippen LogP contribution in [0.4, 0.5) is 5.69 Å². The van der Waals surface area contributed by atoms with Crippen LogP contribution >= 0.6 is 23.2 Å². The van der Waals surface area contributed by atoms with Gasteiger partial charge in [-0.05, 0) is 53.9 Å². The highest BCUT2D eigenvalue weighted by Gasteiger charge is 2.36. The molecule has 4 aromatic rings. The Kier molecular flexibility index (Phi) is 13.2. The molecule has 0 spiro atoms. The van der Waals surface area contributed by atoms with E-state index < -0.39 is 28.5 Å². The Morgan fingerprint density at radius 3 is 2.12 bits per heavy atom. The predicted octanol–water partition coefficient (Wildman–Crippen LogP) is 6.38. The van der Waals surface area contributed by atoms with E-state index in [1.54, 1.807) is 30.3 Å². The lowest BCUT2D eigenvalue weighted by atomic mass is 10.0. The summed E-state index contributed by atoms with van der Waals surface area (Å²) in [7, 11) is -0.300. The standard InChI is InChI=1S/C36H39Cl2N3O7S/c1-5-19-39-36(43)31(20-25-11-7-6-8-12-25)40(23-26-13-9-10-14-29(26)38)35(42)24-41(30-21-27(37)15-17-32(30)46-2)49(44,45)28-16-18-33(47-3)34(22-28)48-4/h6-18,21-22,31H,5,19-20,23-24H2,1-4H3,(H,39,43)/t31-/m1/s1. The number of nitrogens with zero attached hydrogens (tertiary/aromatic N) is 2. The molecule has 0 fully saturated rings. The number of hydrogen-bond acceptors (Lipinski definition) is 7. The summed E-state index contributed by atoms with van der Waals surface area (Å²) < 4.78 is 46.2. The van der Waals surface area contributed by atoms with Gasteiger partial charge < -0.3 is 24.4 Å². The van der Waals surface area contributed by atoms with Gasteiger partial charge in [-0.25, -0.2) is 8.42 Å². The van der Waals surface area contributed by atoms with Crippen LogP contribution in [0, 0.1) is 0 Å². The van der Waals surface area contributed by atoms with E-state index in [2.05, 4.69) is 5.32 Å². The van der Waals surface area contributed by atoms with Gasteiger partial charge in [0.15, 0.2) is 11.5 Å². The van der Waals surface area contributed by atoms with Crippen LogP contribution in [-0.2, 0) is 32.6 Å². The van der Waals surface area contributed by atoms with Crippen LogP contribution in [0.15, 0.2) is 95.9 Å². The molecule has 0 aliphatic rings. The highest BCUT2D eigenvalue weighted by molar-refractivity contribution is 7.92. The topological polar surface area (TPSA) is 114 Å². The molecule has 260 valence electrons. The Bertz CT molecular complexity index is 1860. The van der Waals surface area contributed by atoms with Crippen molar-refractivity contribution >= 4 is 50.7 Å². The third-order valence-corrected chi connectivity index (χ3v) is 10.1. The summed E-state index contributed by atoms with van der Waals surface area (Å²) in [4.78, 5) is 29.7. The summed E-state index contributed by atoms with van der Waals surface area (Å²) in [5.74, 6) is -0.416. The fraction of sp³-hybridized carbons (Fsp3) is 0.278. The first kappa shape index (κ1) is 37.4. The smallest absolute Gasteiger partial charge is 0.265 e. The van der Waals surface area contributed by atoms with Crippen molar-refractivity contribution in [2.45, 2.75) is 37.2 Å². The first-order valence-corrected chi connectivity index (χ1v) is 17.7. The van der Waals surface area contributed by atoms with Crippen molar-refractivity contribution in [3.8, 4) is 17.2 Å². The molecule has 10 nitrogen and oxygen atoms in total. The van der Waals surface area contributed by atoms with E-state index in [4.69, 9.17) is 37.4 Å². The molecule has 0 aliphatic carbocycles. The zero-order valence-electron chi connectivity index (χ0n) is 27.7. The Balaban J connectivity index is 1.88. The number of sulfonamides is 1. The third kappa shape index (κ3) is 9.17. The molecule has 0 aromatic heterocycles. The van der Waals surface area contributed by atoms with Gasteiger partial charge in [0.05, 0.1) is 31.9 Å². The normalized spacial score (nSPS) is 11.7. The number of rotatable bonds is 16. The number of ether oxygens (including phenoxy) is 3. The molecule has 0 bridgehead atoms. The quantitative estimate of drug-likeness (QED) is 0.143. The minimum Gasteiger partial charge on any atom is -0.495 e. The molecule has 49 heavy (non-hydrogen) atoms. The Morgan fingerprint density at radius 1 is 0.816 bits per heavy atom. The Labute approximate surface area is 297 Å². The van der Waals surface area contributed by atoms with Crippen molar-refractivity contribution in [3.63, 3.8) is 0 Å². The van der Waals surface area contributed by atoms with Crippen LogP contribution in [0.2, 0.25) is 10.0 Å². The van der Waals surface area contributed by atoms with Crippen molar-refractivity contribution in [2.75, 3.05) is 38.7 Å². The van der Waals surface area contributed by atoms with Gasteiger partial charge in [0, 0.05) is 35.6 Å². The molecule has 13 heteroatoms. The SMILES string of the molecule is CCCNC(=O)[C@@H](Cc1ccccc1)N(Cc1ccccc1Cl)C(=O)CN(c1cc(Cl)ccc1OC)S(=O)(=O)c1ccc(OC)c(OC)c1. The van der Waals surface area contributed by atoms with Gasteiger partial charge in [0.2, 0.25) is 11.8 Å². The zero-order chi connectivity index (χ0) is 35.6. The number of anilines is 1. The summed E-state index contributed by atoms with van der Waals surface area (Å²) in [6.07, 6.45) is 0.837. The Morgan fingerprint density at radius 2 is 1.47 bits per heavy atom. The first-order valence-electron chi connectivity index (χ1n) is 15.5. The molecule has 2 amide bonds. The van der Waals surface area contributed by atoms with Crippen LogP contribution in [-0.4, -0.2) is 65.6 Å². The summed E-state index contributed by atoms with van der Waals surface area (Å²) in [5.41, 5.74) is 1.40. The average molecular weight is 729 g/mol. The number of halogens is 2. The largest absolute Gasteiger partial charge is 0.495 e. The summed E-state index contributed by atoms with van der Waals surface area (Å²) in [6, 6.07) is 23.8. The molecule has 0 aliphatic heterocycles. The van der Waals surface area contributed by atoms with Crippen molar-refractivity contribution in [1.29, 1.82) is 0 Å². The molecule has 4 rings (SSSR count). The van der Waals surface area contributed by atoms with E-state index in [0.29, 0.717) is 29.3 Å². The number of carbonyl (C=O) groups excluding carboxylic acids is 2. The second-order valence-electron chi connectivity index (χ2n) is 11.0. The second-order valence-corrected chi connectivity index (χ2v) is 13.7.